The van der Waals surface area contributed by atoms with Crippen LogP contribution in [0.25, 0.3) is 16.9 Å². The van der Waals surface area contributed by atoms with Crippen molar-refractivity contribution in [3.8, 4) is 23.1 Å². The van der Waals surface area contributed by atoms with E-state index in [-0.39, 0.29) is 29.1 Å². The number of thioether (sulfide) groups is 1. The van der Waals surface area contributed by atoms with Crippen molar-refractivity contribution in [2.45, 2.75) is 37.3 Å². The van der Waals surface area contributed by atoms with E-state index in [1.165, 1.54) is 28.5 Å². The number of anilines is 1. The van der Waals surface area contributed by atoms with Crippen molar-refractivity contribution in [2.75, 3.05) is 31.7 Å². The summed E-state index contributed by atoms with van der Waals surface area (Å²) in [5, 5.41) is 21.2. The van der Waals surface area contributed by atoms with Gasteiger partial charge in [0.05, 0.1) is 24.4 Å². The second kappa shape index (κ2) is 11.8. The first-order valence-electron chi connectivity index (χ1n) is 12.2. The number of halogens is 2. The Morgan fingerprint density at radius 3 is 2.77 bits per heavy atom. The Balaban J connectivity index is 0.00000172. The van der Waals surface area contributed by atoms with Crippen LogP contribution in [0.5, 0.6) is 5.75 Å². The lowest BCUT2D eigenvalue weighted by molar-refractivity contribution is -0.0495. The number of benzene rings is 1. The standard InChI is InChI=1S/C24H22F2N8O2S.C2H6/c1-32-13-24(14-32,6-7-27)34-12-18(30-22(35)17-11-29-33-9-3-8-28-21(17)33)20(31-34)16-10-15(37-2)4-5-19(16)36-23(25)26;1-2/h3-5,8-12,23H,6,13-14H2,1-2H3,(H,30,35);1-2H3. The van der Waals surface area contributed by atoms with Crippen LogP contribution < -0.4 is 10.1 Å². The maximum absolute atomic E-state index is 13.3. The summed E-state index contributed by atoms with van der Waals surface area (Å²) < 4.78 is 34.4. The van der Waals surface area contributed by atoms with Gasteiger partial charge in [-0.1, -0.05) is 13.8 Å². The van der Waals surface area contributed by atoms with Crippen LogP contribution in [-0.4, -0.2) is 68.2 Å². The monoisotopic (exact) mass is 554 g/mol. The number of carbonyl (C=O) groups is 1. The normalized spacial score (nSPS) is 14.3. The number of rotatable bonds is 8. The molecular weight excluding hydrogens is 526 g/mol. The highest BCUT2D eigenvalue weighted by Crippen LogP contribution is 2.40. The number of alkyl halides is 2. The zero-order valence-electron chi connectivity index (χ0n) is 21.9. The summed E-state index contributed by atoms with van der Waals surface area (Å²) in [6.45, 7) is 2.09. The molecule has 5 rings (SSSR count). The Hall–Kier alpha value is -4.02. The van der Waals surface area contributed by atoms with Crippen molar-refractivity contribution in [3.63, 3.8) is 0 Å². The topological polar surface area (TPSA) is 113 Å². The highest BCUT2D eigenvalue weighted by molar-refractivity contribution is 7.98. The first-order chi connectivity index (χ1) is 18.8. The second-order valence-electron chi connectivity index (χ2n) is 8.71. The molecular formula is C26H28F2N8O2S. The fourth-order valence-corrected chi connectivity index (χ4v) is 4.99. The third kappa shape index (κ3) is 5.57. The summed E-state index contributed by atoms with van der Waals surface area (Å²) in [5.41, 5.74) is 0.797. The number of fused-ring (bicyclic) bond motifs is 1. The highest BCUT2D eigenvalue weighted by Gasteiger charge is 2.44. The summed E-state index contributed by atoms with van der Waals surface area (Å²) in [5.74, 6) is -0.571. The summed E-state index contributed by atoms with van der Waals surface area (Å²) in [7, 11) is 1.93. The predicted molar refractivity (Wildman–Crippen MR) is 144 cm³/mol. The molecule has 4 heterocycles. The average Bonchev–Trinajstić information content (AvgIpc) is 3.53. The van der Waals surface area contributed by atoms with Crippen LogP contribution in [0.15, 0.2) is 53.9 Å². The number of nitriles is 1. The van der Waals surface area contributed by atoms with E-state index in [1.54, 1.807) is 41.5 Å². The SMILES string of the molecule is CC.CSc1ccc(OC(F)F)c(-c2nn(C3(CC#N)CN(C)C3)cc2NC(=O)c2cnn3cccnc23)c1. The van der Waals surface area contributed by atoms with Gasteiger partial charge < -0.3 is 15.0 Å². The van der Waals surface area contributed by atoms with Crippen molar-refractivity contribution in [3.05, 3.63) is 54.6 Å². The number of carbonyl (C=O) groups excluding carboxylic acids is 1. The molecule has 1 aliphatic heterocycles. The van der Waals surface area contributed by atoms with Crippen LogP contribution in [0.4, 0.5) is 14.5 Å². The molecule has 1 N–H and O–H groups in total. The highest BCUT2D eigenvalue weighted by atomic mass is 32.2. The van der Waals surface area contributed by atoms with Crippen molar-refractivity contribution < 1.29 is 18.3 Å². The maximum Gasteiger partial charge on any atom is 0.387 e. The third-order valence-electron chi connectivity index (χ3n) is 6.17. The molecule has 0 aliphatic carbocycles. The first kappa shape index (κ1) is 28.0. The van der Waals surface area contributed by atoms with Crippen molar-refractivity contribution in [2.24, 2.45) is 0 Å². The quantitative estimate of drug-likeness (QED) is 0.311. The van der Waals surface area contributed by atoms with E-state index in [1.807, 2.05) is 32.1 Å². The molecule has 13 heteroatoms. The molecule has 0 bridgehead atoms. The smallest absolute Gasteiger partial charge is 0.387 e. The van der Waals surface area contributed by atoms with Gasteiger partial charge in [0.1, 0.15) is 22.5 Å². The molecule has 0 atom stereocenters. The van der Waals surface area contributed by atoms with Gasteiger partial charge in [0, 0.05) is 42.1 Å². The number of nitrogens with one attached hydrogen (secondary N) is 1. The van der Waals surface area contributed by atoms with Crippen molar-refractivity contribution in [1.29, 1.82) is 5.26 Å². The molecule has 3 aromatic heterocycles. The molecule has 10 nitrogen and oxygen atoms in total. The molecule has 0 spiro atoms. The van der Waals surface area contributed by atoms with Crippen LogP contribution >= 0.6 is 11.8 Å². The molecule has 1 aliphatic rings. The van der Waals surface area contributed by atoms with Gasteiger partial charge in [0.2, 0.25) is 0 Å². The fraction of sp³-hybridized carbons (Fsp3) is 0.346. The number of hydrogen-bond acceptors (Lipinski definition) is 8. The van der Waals surface area contributed by atoms with Gasteiger partial charge in [-0.3, -0.25) is 9.48 Å². The molecule has 0 unspecified atom stereocenters. The zero-order chi connectivity index (χ0) is 28.2. The molecule has 204 valence electrons. The van der Waals surface area contributed by atoms with Gasteiger partial charge in [-0.25, -0.2) is 9.50 Å². The largest absolute Gasteiger partial charge is 0.434 e. The van der Waals surface area contributed by atoms with Crippen LogP contribution in [0.1, 0.15) is 30.6 Å². The molecule has 0 saturated carbocycles. The summed E-state index contributed by atoms with van der Waals surface area (Å²) >= 11 is 1.43. The number of likely N-dealkylation sites (N-methyl/N-ethyl adjacent to an activating group) is 1. The molecule has 4 aromatic rings. The average molecular weight is 555 g/mol. The van der Waals surface area contributed by atoms with E-state index in [0.717, 1.165) is 4.90 Å². The lowest BCUT2D eigenvalue weighted by atomic mass is 9.87. The van der Waals surface area contributed by atoms with Gasteiger partial charge in [-0.15, -0.1) is 11.8 Å². The molecule has 0 radical (unpaired) electrons. The van der Waals surface area contributed by atoms with E-state index in [4.69, 9.17) is 9.84 Å². The number of nitrogens with zero attached hydrogens (tertiary/aromatic N) is 7. The van der Waals surface area contributed by atoms with Gasteiger partial charge in [-0.2, -0.15) is 24.2 Å². The van der Waals surface area contributed by atoms with Gasteiger partial charge >= 0.3 is 6.61 Å². The van der Waals surface area contributed by atoms with Crippen molar-refractivity contribution >= 4 is 29.0 Å². The first-order valence-corrected chi connectivity index (χ1v) is 13.4. The maximum atomic E-state index is 13.3. The number of hydrogen-bond donors (Lipinski definition) is 1. The van der Waals surface area contributed by atoms with Crippen LogP contribution in [-0.2, 0) is 5.54 Å². The Bertz CT molecular complexity index is 1510. The molecule has 39 heavy (non-hydrogen) atoms. The number of aromatic nitrogens is 5. The minimum Gasteiger partial charge on any atom is -0.434 e. The summed E-state index contributed by atoms with van der Waals surface area (Å²) in [6, 6.07) is 8.72. The summed E-state index contributed by atoms with van der Waals surface area (Å²) in [6.07, 6.45) is 8.31. The Morgan fingerprint density at radius 2 is 2.10 bits per heavy atom. The zero-order valence-corrected chi connectivity index (χ0v) is 22.7. The van der Waals surface area contributed by atoms with Crippen LogP contribution in [0, 0.1) is 11.3 Å². The van der Waals surface area contributed by atoms with E-state index >= 15 is 0 Å². The molecule has 1 saturated heterocycles. The number of amides is 1. The minimum absolute atomic E-state index is 0.0775. The third-order valence-corrected chi connectivity index (χ3v) is 6.89. The van der Waals surface area contributed by atoms with Gasteiger partial charge in [0.25, 0.3) is 5.91 Å². The lowest BCUT2D eigenvalue weighted by Gasteiger charge is -2.47. The van der Waals surface area contributed by atoms with Crippen LogP contribution in [0.2, 0.25) is 0 Å². The van der Waals surface area contributed by atoms with Gasteiger partial charge in [0.15, 0.2) is 5.65 Å². The Labute approximate surface area is 228 Å². The molecule has 1 amide bonds. The number of likely N-dealkylation sites (tertiary alicyclic amines) is 1. The van der Waals surface area contributed by atoms with E-state index in [2.05, 4.69) is 21.5 Å². The van der Waals surface area contributed by atoms with E-state index < -0.39 is 18.1 Å². The van der Waals surface area contributed by atoms with Crippen molar-refractivity contribution in [1.82, 2.24) is 29.3 Å². The Kier molecular flexibility index (Phi) is 8.47. The predicted octanol–water partition coefficient (Wildman–Crippen LogP) is 4.75. The lowest BCUT2D eigenvalue weighted by Crippen LogP contribution is -2.61. The van der Waals surface area contributed by atoms with E-state index in [0.29, 0.717) is 24.3 Å². The summed E-state index contributed by atoms with van der Waals surface area (Å²) in [4.78, 5) is 20.4. The fourth-order valence-electron chi connectivity index (χ4n) is 4.55. The molecule has 1 fully saturated rings. The van der Waals surface area contributed by atoms with Crippen LogP contribution in [0.3, 0.4) is 0 Å². The number of ether oxygens (including phenoxy) is 1. The van der Waals surface area contributed by atoms with E-state index in [9.17, 15) is 18.8 Å². The van der Waals surface area contributed by atoms with Gasteiger partial charge in [-0.05, 0) is 37.6 Å². The molecule has 1 aromatic carbocycles. The second-order valence-corrected chi connectivity index (χ2v) is 9.59. The minimum atomic E-state index is -3.05. The Morgan fingerprint density at radius 1 is 1.33 bits per heavy atom.